The zero-order valence-corrected chi connectivity index (χ0v) is 9.16. The van der Waals surface area contributed by atoms with Crippen molar-refractivity contribution in [1.82, 2.24) is 0 Å². The molecule has 5 nitrogen and oxygen atoms in total. The summed E-state index contributed by atoms with van der Waals surface area (Å²) in [6.07, 6.45) is 0. The summed E-state index contributed by atoms with van der Waals surface area (Å²) in [6, 6.07) is 6.27. The number of carbonyl (C=O) groups excluding carboxylic acids is 1. The minimum atomic E-state index is -2.35. The van der Waals surface area contributed by atoms with E-state index in [4.69, 9.17) is 4.74 Å². The quantitative estimate of drug-likeness (QED) is 0.781. The second-order valence-electron chi connectivity index (χ2n) is 3.45. The van der Waals surface area contributed by atoms with Gasteiger partial charge in [-0.2, -0.15) is 0 Å². The van der Waals surface area contributed by atoms with Gasteiger partial charge in [-0.15, -0.1) is 0 Å². The van der Waals surface area contributed by atoms with Crippen LogP contribution in [0.1, 0.15) is 0 Å². The molecule has 1 unspecified atom stereocenters. The van der Waals surface area contributed by atoms with E-state index >= 15 is 0 Å². The van der Waals surface area contributed by atoms with Crippen molar-refractivity contribution in [3.8, 4) is 0 Å². The molecule has 0 bridgehead atoms. The van der Waals surface area contributed by atoms with Crippen LogP contribution in [0.25, 0.3) is 0 Å². The highest BCUT2D eigenvalue weighted by Crippen LogP contribution is 2.20. The Balaban J connectivity index is 2.13. The summed E-state index contributed by atoms with van der Waals surface area (Å²) < 4.78 is 26.7. The van der Waals surface area contributed by atoms with Gasteiger partial charge in [0.2, 0.25) is 5.91 Å². The Morgan fingerprint density at radius 1 is 1.44 bits per heavy atom. The summed E-state index contributed by atoms with van der Waals surface area (Å²) in [5.41, 5.74) is 0.313. The maximum atomic E-state index is 11.6. The lowest BCUT2D eigenvalue weighted by atomic mass is 10.1. The summed E-state index contributed by atoms with van der Waals surface area (Å²) in [5.74, 6) is -0.378. The van der Waals surface area contributed by atoms with Crippen molar-refractivity contribution in [2.45, 2.75) is 4.90 Å². The van der Waals surface area contributed by atoms with Crippen LogP contribution in [0.3, 0.4) is 0 Å². The molecule has 1 saturated heterocycles. The van der Waals surface area contributed by atoms with Crippen molar-refractivity contribution in [3.05, 3.63) is 24.3 Å². The van der Waals surface area contributed by atoms with Crippen molar-refractivity contribution in [2.24, 2.45) is 5.92 Å². The van der Waals surface area contributed by atoms with E-state index in [1.54, 1.807) is 18.2 Å². The zero-order valence-electron chi connectivity index (χ0n) is 8.34. The van der Waals surface area contributed by atoms with Crippen LogP contribution >= 0.6 is 0 Å². The predicted octanol–water partition coefficient (Wildman–Crippen LogP) is 0.510. The Bertz CT molecular complexity index is 431. The van der Waals surface area contributed by atoms with Crippen molar-refractivity contribution < 1.29 is 18.3 Å². The molecule has 1 N–H and O–H groups in total. The number of ether oxygens (including phenoxy) is 1. The fraction of sp³-hybridized carbons (Fsp3) is 0.300. The number of carbonyl (C=O) groups is 1. The highest BCUT2D eigenvalue weighted by Gasteiger charge is 2.26. The van der Waals surface area contributed by atoms with Crippen LogP contribution in [0, 0.1) is 5.92 Å². The monoisotopic (exact) mass is 240 g/mol. The molecule has 2 rings (SSSR count). The molecule has 16 heavy (non-hydrogen) atoms. The molecule has 1 amide bonds. The third-order valence-corrected chi connectivity index (χ3v) is 3.05. The molecule has 0 aliphatic carbocycles. The highest BCUT2D eigenvalue weighted by atomic mass is 32.2. The van der Waals surface area contributed by atoms with Crippen molar-refractivity contribution in [1.29, 1.82) is 0 Å². The molecule has 1 fully saturated rings. The zero-order chi connectivity index (χ0) is 11.5. The first kappa shape index (κ1) is 11.3. The molecular weight excluding hydrogens is 230 g/mol. The van der Waals surface area contributed by atoms with Crippen molar-refractivity contribution in [3.63, 3.8) is 0 Å². The number of hydrogen-bond donors (Lipinski definition) is 1. The van der Waals surface area contributed by atoms with Crippen LogP contribution in [0.15, 0.2) is 29.2 Å². The largest absolute Gasteiger partial charge is 0.768 e. The minimum Gasteiger partial charge on any atom is -0.768 e. The summed E-state index contributed by atoms with van der Waals surface area (Å²) in [4.78, 5) is 11.7. The number of benzene rings is 1. The number of amides is 1. The van der Waals surface area contributed by atoms with Crippen LogP contribution in [-0.4, -0.2) is 27.9 Å². The Hall–Kier alpha value is -1.24. The Labute approximate surface area is 95.1 Å². The third-order valence-electron chi connectivity index (χ3n) is 2.33. The molecule has 1 aromatic rings. The minimum absolute atomic E-state index is 0.0936. The first-order chi connectivity index (χ1) is 7.68. The number of rotatable bonds is 3. The Morgan fingerprint density at radius 3 is 2.69 bits per heavy atom. The van der Waals surface area contributed by atoms with Crippen molar-refractivity contribution in [2.75, 3.05) is 18.5 Å². The fourth-order valence-electron chi connectivity index (χ4n) is 1.34. The Kier molecular flexibility index (Phi) is 3.33. The van der Waals surface area contributed by atoms with Gasteiger partial charge >= 0.3 is 0 Å². The normalized spacial score (nSPS) is 17.6. The van der Waals surface area contributed by atoms with E-state index in [1.807, 2.05) is 0 Å². The van der Waals surface area contributed by atoms with E-state index < -0.39 is 11.1 Å². The molecule has 0 radical (unpaired) electrons. The van der Waals surface area contributed by atoms with E-state index in [1.165, 1.54) is 6.07 Å². The van der Waals surface area contributed by atoms with Gasteiger partial charge in [0.1, 0.15) is 0 Å². The molecule has 1 aliphatic rings. The van der Waals surface area contributed by atoms with Crippen LogP contribution in [0.2, 0.25) is 0 Å². The fourth-order valence-corrected chi connectivity index (χ4v) is 1.83. The second kappa shape index (κ2) is 4.73. The van der Waals surface area contributed by atoms with Crippen LogP contribution < -0.4 is 5.32 Å². The number of anilines is 1. The third kappa shape index (κ3) is 2.29. The lowest BCUT2D eigenvalue weighted by Crippen LogP contribution is -2.38. The number of nitrogens with one attached hydrogen (secondary N) is 1. The number of para-hydroxylation sites is 1. The van der Waals surface area contributed by atoms with E-state index in [2.05, 4.69) is 5.32 Å². The van der Waals surface area contributed by atoms with Crippen molar-refractivity contribution >= 4 is 22.7 Å². The average molecular weight is 240 g/mol. The van der Waals surface area contributed by atoms with Gasteiger partial charge in [-0.1, -0.05) is 12.1 Å². The van der Waals surface area contributed by atoms with Gasteiger partial charge in [0, 0.05) is 4.90 Å². The topological polar surface area (TPSA) is 78.5 Å². The van der Waals surface area contributed by atoms with E-state index in [-0.39, 0.29) is 16.7 Å². The van der Waals surface area contributed by atoms with Gasteiger partial charge < -0.3 is 14.6 Å². The molecule has 0 spiro atoms. The van der Waals surface area contributed by atoms with E-state index in [9.17, 15) is 13.6 Å². The number of hydrogen-bond acceptors (Lipinski definition) is 4. The average Bonchev–Trinajstić information content (AvgIpc) is 2.15. The van der Waals surface area contributed by atoms with E-state index in [0.29, 0.717) is 18.9 Å². The molecule has 0 saturated carbocycles. The van der Waals surface area contributed by atoms with Gasteiger partial charge in [0.15, 0.2) is 0 Å². The summed E-state index contributed by atoms with van der Waals surface area (Å²) in [6.45, 7) is 0.795. The SMILES string of the molecule is O=C(Nc1ccccc1S(=O)[O-])C1COC1. The molecule has 1 heterocycles. The van der Waals surface area contributed by atoms with Gasteiger partial charge in [0.25, 0.3) is 0 Å². The molecule has 1 aliphatic heterocycles. The predicted molar refractivity (Wildman–Crippen MR) is 56.6 cm³/mol. The molecule has 1 atom stereocenters. The molecule has 86 valence electrons. The Morgan fingerprint density at radius 2 is 2.12 bits per heavy atom. The first-order valence-corrected chi connectivity index (χ1v) is 5.83. The van der Waals surface area contributed by atoms with Gasteiger partial charge in [0.05, 0.1) is 24.8 Å². The molecule has 6 heteroatoms. The van der Waals surface area contributed by atoms with Gasteiger partial charge in [-0.25, -0.2) is 0 Å². The van der Waals surface area contributed by atoms with Gasteiger partial charge in [-0.3, -0.25) is 9.00 Å². The van der Waals surface area contributed by atoms with Crippen LogP contribution in [-0.2, 0) is 20.6 Å². The maximum Gasteiger partial charge on any atom is 0.232 e. The lowest BCUT2D eigenvalue weighted by molar-refractivity contribution is -0.133. The smallest absolute Gasteiger partial charge is 0.232 e. The lowest BCUT2D eigenvalue weighted by Gasteiger charge is -2.25. The summed E-state index contributed by atoms with van der Waals surface area (Å²) in [7, 11) is 0. The highest BCUT2D eigenvalue weighted by molar-refractivity contribution is 7.79. The molecule has 1 aromatic carbocycles. The molecule has 0 aromatic heterocycles. The van der Waals surface area contributed by atoms with Gasteiger partial charge in [-0.05, 0) is 23.2 Å². The second-order valence-corrected chi connectivity index (χ2v) is 4.36. The first-order valence-electron chi connectivity index (χ1n) is 4.75. The van der Waals surface area contributed by atoms with Crippen LogP contribution in [0.4, 0.5) is 5.69 Å². The van der Waals surface area contributed by atoms with E-state index in [0.717, 1.165) is 0 Å². The summed E-state index contributed by atoms with van der Waals surface area (Å²) in [5, 5.41) is 2.58. The summed E-state index contributed by atoms with van der Waals surface area (Å²) >= 11 is -2.35. The molecular formula is C10H10NO4S-. The standard InChI is InChI=1S/C10H11NO4S/c12-10(7-5-15-6-7)11-8-3-1-2-4-9(8)16(13)14/h1-4,7H,5-6H2,(H,11,12)(H,13,14)/p-1. The maximum absolute atomic E-state index is 11.6. The van der Waals surface area contributed by atoms with Crippen LogP contribution in [0.5, 0.6) is 0 Å².